The summed E-state index contributed by atoms with van der Waals surface area (Å²) in [5.74, 6) is 0. The van der Waals surface area contributed by atoms with E-state index >= 15 is 0 Å². The van der Waals surface area contributed by atoms with Crippen molar-refractivity contribution >= 4 is 15.9 Å². The van der Waals surface area contributed by atoms with Crippen LogP contribution >= 0.6 is 15.9 Å². The van der Waals surface area contributed by atoms with Crippen LogP contribution in [-0.4, -0.2) is 34.4 Å². The Labute approximate surface area is 123 Å². The van der Waals surface area contributed by atoms with Gasteiger partial charge in [0.25, 0.3) is 0 Å². The molecule has 1 aromatic carbocycles. The summed E-state index contributed by atoms with van der Waals surface area (Å²) in [6, 6.07) is 10.1. The largest absolute Gasteiger partial charge is 0.395 e. The van der Waals surface area contributed by atoms with E-state index in [2.05, 4.69) is 15.9 Å². The van der Waals surface area contributed by atoms with Crippen molar-refractivity contribution in [3.05, 3.63) is 48.0 Å². The van der Waals surface area contributed by atoms with Gasteiger partial charge in [0.2, 0.25) is 0 Å². The Morgan fingerprint density at radius 3 is 2.63 bits per heavy atom. The van der Waals surface area contributed by atoms with Crippen molar-refractivity contribution in [2.45, 2.75) is 30.4 Å². The predicted molar refractivity (Wildman–Crippen MR) is 80.3 cm³/mol. The fraction of sp³-hybridized carbons (Fsp3) is 0.467. The number of hydrogen-bond acceptors (Lipinski definition) is 3. The first-order valence-electron chi connectivity index (χ1n) is 6.43. The summed E-state index contributed by atoms with van der Waals surface area (Å²) < 4.78 is 5.53. The highest BCUT2D eigenvalue weighted by molar-refractivity contribution is 9.09. The van der Waals surface area contributed by atoms with E-state index in [0.717, 1.165) is 6.42 Å². The first-order valence-corrected chi connectivity index (χ1v) is 7.35. The molecule has 0 bridgehead atoms. The summed E-state index contributed by atoms with van der Waals surface area (Å²) in [5, 5.41) is 18.4. The molecule has 1 aromatic rings. The fourth-order valence-corrected chi connectivity index (χ4v) is 1.75. The van der Waals surface area contributed by atoms with Crippen LogP contribution in [0, 0.1) is 0 Å². The molecule has 19 heavy (non-hydrogen) atoms. The summed E-state index contributed by atoms with van der Waals surface area (Å²) in [6.07, 6.45) is 4.72. The molecule has 0 saturated heterocycles. The molecule has 2 N–H and O–H groups in total. The van der Waals surface area contributed by atoms with Gasteiger partial charge in [-0.25, -0.2) is 0 Å². The van der Waals surface area contributed by atoms with Gasteiger partial charge in [0.05, 0.1) is 30.8 Å². The van der Waals surface area contributed by atoms with Gasteiger partial charge in [-0.3, -0.25) is 0 Å². The first-order chi connectivity index (χ1) is 9.24. The lowest BCUT2D eigenvalue weighted by atomic mass is 10.2. The molecule has 0 heterocycles. The van der Waals surface area contributed by atoms with E-state index in [-0.39, 0.29) is 11.4 Å². The van der Waals surface area contributed by atoms with Gasteiger partial charge in [0.1, 0.15) is 0 Å². The van der Waals surface area contributed by atoms with Crippen LogP contribution in [0.25, 0.3) is 0 Å². The van der Waals surface area contributed by atoms with Crippen molar-refractivity contribution in [3.8, 4) is 0 Å². The summed E-state index contributed by atoms with van der Waals surface area (Å²) in [4.78, 5) is -0.258. The second-order valence-corrected chi connectivity index (χ2v) is 5.48. The number of benzene rings is 1. The number of halogens is 1. The zero-order valence-electron chi connectivity index (χ0n) is 10.9. The number of rotatable bonds is 9. The van der Waals surface area contributed by atoms with Gasteiger partial charge in [-0.2, -0.15) is 0 Å². The molecule has 0 aromatic heterocycles. The highest BCUT2D eigenvalue weighted by Crippen LogP contribution is 2.09. The van der Waals surface area contributed by atoms with Gasteiger partial charge < -0.3 is 14.9 Å². The minimum absolute atomic E-state index is 0.0603. The minimum Gasteiger partial charge on any atom is -0.395 e. The lowest BCUT2D eigenvalue weighted by molar-refractivity contribution is 0.125. The van der Waals surface area contributed by atoms with Crippen LogP contribution in [0.5, 0.6) is 0 Å². The van der Waals surface area contributed by atoms with Crippen molar-refractivity contribution in [1.29, 1.82) is 0 Å². The van der Waals surface area contributed by atoms with Gasteiger partial charge in [0, 0.05) is 0 Å². The average Bonchev–Trinajstić information content (AvgIpc) is 2.46. The van der Waals surface area contributed by atoms with Crippen molar-refractivity contribution in [2.75, 3.05) is 13.2 Å². The molecule has 0 radical (unpaired) electrons. The minimum atomic E-state index is -0.550. The van der Waals surface area contributed by atoms with Crippen LogP contribution in [0.3, 0.4) is 0 Å². The van der Waals surface area contributed by atoms with Gasteiger partial charge in [-0.05, 0) is 18.4 Å². The van der Waals surface area contributed by atoms with Crippen LogP contribution in [0.2, 0.25) is 0 Å². The molecule has 0 amide bonds. The number of aliphatic hydroxyl groups is 2. The van der Waals surface area contributed by atoms with E-state index in [1.54, 1.807) is 0 Å². The fourth-order valence-electron chi connectivity index (χ4n) is 1.54. The second-order valence-electron chi connectivity index (χ2n) is 4.30. The van der Waals surface area contributed by atoms with E-state index in [4.69, 9.17) is 9.84 Å². The third-order valence-electron chi connectivity index (χ3n) is 2.68. The van der Waals surface area contributed by atoms with Crippen LogP contribution in [-0.2, 0) is 11.3 Å². The number of aliphatic hydroxyl groups excluding tert-OH is 2. The maximum absolute atomic E-state index is 9.58. The molecule has 0 unspecified atom stereocenters. The zero-order chi connectivity index (χ0) is 13.9. The quantitative estimate of drug-likeness (QED) is 0.416. The SMILES string of the molecule is OC[C@@H](Br)[C@@H](O)C/C=C/CCOCc1ccccc1. The second kappa shape index (κ2) is 10.1. The molecule has 3 nitrogen and oxygen atoms in total. The van der Waals surface area contributed by atoms with Crippen molar-refractivity contribution in [2.24, 2.45) is 0 Å². The molecule has 0 aliphatic heterocycles. The monoisotopic (exact) mass is 328 g/mol. The van der Waals surface area contributed by atoms with Crippen LogP contribution < -0.4 is 0 Å². The Hall–Kier alpha value is -0.680. The van der Waals surface area contributed by atoms with Gasteiger partial charge >= 0.3 is 0 Å². The molecule has 2 atom stereocenters. The molecule has 4 heteroatoms. The number of ether oxygens (including phenoxy) is 1. The Morgan fingerprint density at radius 2 is 1.95 bits per heavy atom. The Balaban J connectivity index is 2.04. The highest BCUT2D eigenvalue weighted by atomic mass is 79.9. The third-order valence-corrected chi connectivity index (χ3v) is 3.58. The van der Waals surface area contributed by atoms with Gasteiger partial charge in [-0.1, -0.05) is 58.4 Å². The van der Waals surface area contributed by atoms with Gasteiger partial charge in [0.15, 0.2) is 0 Å². The molecule has 0 aliphatic carbocycles. The lowest BCUT2D eigenvalue weighted by Gasteiger charge is -2.12. The highest BCUT2D eigenvalue weighted by Gasteiger charge is 2.12. The van der Waals surface area contributed by atoms with Crippen molar-refractivity contribution in [3.63, 3.8) is 0 Å². The molecule has 0 fully saturated rings. The normalized spacial score (nSPS) is 14.7. The van der Waals surface area contributed by atoms with Crippen LogP contribution in [0.4, 0.5) is 0 Å². The van der Waals surface area contributed by atoms with Crippen molar-refractivity contribution in [1.82, 2.24) is 0 Å². The Kier molecular flexibility index (Phi) is 8.75. The van der Waals surface area contributed by atoms with E-state index in [9.17, 15) is 5.11 Å². The average molecular weight is 329 g/mol. The van der Waals surface area contributed by atoms with Gasteiger partial charge in [-0.15, -0.1) is 0 Å². The molecule has 106 valence electrons. The summed E-state index contributed by atoms with van der Waals surface area (Å²) >= 11 is 3.20. The molecular formula is C15H21BrO3. The summed E-state index contributed by atoms with van der Waals surface area (Å²) in [7, 11) is 0. The summed E-state index contributed by atoms with van der Waals surface area (Å²) in [5.41, 5.74) is 1.17. The topological polar surface area (TPSA) is 49.7 Å². The summed E-state index contributed by atoms with van der Waals surface area (Å²) in [6.45, 7) is 1.24. The Bertz CT molecular complexity index is 354. The number of hydrogen-bond donors (Lipinski definition) is 2. The Morgan fingerprint density at radius 1 is 1.21 bits per heavy atom. The maximum atomic E-state index is 9.58. The molecule has 0 spiro atoms. The standard InChI is InChI=1S/C15H21BrO3/c16-14(11-17)15(18)9-5-2-6-10-19-12-13-7-3-1-4-8-13/h1-5,7-8,14-15,17-18H,6,9-12H2/b5-2+/t14-,15+/m1/s1. The lowest BCUT2D eigenvalue weighted by Crippen LogP contribution is -2.22. The molecule has 0 saturated carbocycles. The molecule has 1 rings (SSSR count). The number of alkyl halides is 1. The van der Waals surface area contributed by atoms with E-state index in [0.29, 0.717) is 19.6 Å². The third kappa shape index (κ3) is 7.47. The predicted octanol–water partition coefficient (Wildman–Crippen LogP) is 2.66. The maximum Gasteiger partial charge on any atom is 0.0721 e. The smallest absolute Gasteiger partial charge is 0.0721 e. The first kappa shape index (κ1) is 16.4. The molecular weight excluding hydrogens is 308 g/mol. The van der Waals surface area contributed by atoms with Crippen molar-refractivity contribution < 1.29 is 14.9 Å². The molecule has 0 aliphatic rings. The van der Waals surface area contributed by atoms with Crippen LogP contribution in [0.1, 0.15) is 18.4 Å². The van der Waals surface area contributed by atoms with E-state index in [1.807, 2.05) is 42.5 Å². The van der Waals surface area contributed by atoms with Crippen LogP contribution in [0.15, 0.2) is 42.5 Å². The van der Waals surface area contributed by atoms with E-state index in [1.165, 1.54) is 5.56 Å². The zero-order valence-corrected chi connectivity index (χ0v) is 12.5. The van der Waals surface area contributed by atoms with E-state index < -0.39 is 6.10 Å².